The Balaban J connectivity index is 1.59. The van der Waals surface area contributed by atoms with E-state index < -0.39 is 11.6 Å². The van der Waals surface area contributed by atoms with Gasteiger partial charge in [0.15, 0.2) is 0 Å². The van der Waals surface area contributed by atoms with Gasteiger partial charge in [0.2, 0.25) is 11.8 Å². The molecule has 1 atom stereocenters. The molecule has 26 heavy (non-hydrogen) atoms. The zero-order valence-electron chi connectivity index (χ0n) is 14.4. The van der Waals surface area contributed by atoms with Gasteiger partial charge in [-0.3, -0.25) is 10.1 Å². The van der Waals surface area contributed by atoms with E-state index in [2.05, 4.69) is 20.6 Å². The average Bonchev–Trinajstić information content (AvgIpc) is 2.88. The predicted octanol–water partition coefficient (Wildman–Crippen LogP) is 1.76. The van der Waals surface area contributed by atoms with E-state index in [0.29, 0.717) is 37.1 Å². The van der Waals surface area contributed by atoms with Gasteiger partial charge in [-0.25, -0.2) is 9.78 Å². The van der Waals surface area contributed by atoms with Gasteiger partial charge in [-0.05, 0) is 31.9 Å². The van der Waals surface area contributed by atoms with Crippen molar-refractivity contribution in [1.82, 2.24) is 20.6 Å². The van der Waals surface area contributed by atoms with E-state index in [1.807, 2.05) is 42.2 Å². The summed E-state index contributed by atoms with van der Waals surface area (Å²) in [5.74, 6) is 1.33. The molecule has 1 aromatic carbocycles. The van der Waals surface area contributed by atoms with Gasteiger partial charge in [0, 0.05) is 18.3 Å². The summed E-state index contributed by atoms with van der Waals surface area (Å²) in [6.45, 7) is 2.91. The highest BCUT2D eigenvalue weighted by Gasteiger charge is 2.49. The summed E-state index contributed by atoms with van der Waals surface area (Å²) in [4.78, 5) is 34.7. The molecule has 8 heteroatoms. The van der Waals surface area contributed by atoms with Crippen molar-refractivity contribution in [3.63, 3.8) is 0 Å². The number of rotatable bonds is 3. The zero-order valence-corrected chi connectivity index (χ0v) is 14.4. The quantitative estimate of drug-likeness (QED) is 0.816. The predicted molar refractivity (Wildman–Crippen MR) is 94.1 cm³/mol. The number of anilines is 1. The van der Waals surface area contributed by atoms with Gasteiger partial charge in [-0.2, -0.15) is 4.98 Å². The molecule has 8 nitrogen and oxygen atoms in total. The van der Waals surface area contributed by atoms with Gasteiger partial charge in [-0.1, -0.05) is 18.2 Å². The Morgan fingerprint density at radius 3 is 2.73 bits per heavy atom. The van der Waals surface area contributed by atoms with E-state index in [4.69, 9.17) is 4.74 Å². The summed E-state index contributed by atoms with van der Waals surface area (Å²) in [7, 11) is 0. The molecule has 2 aliphatic rings. The van der Waals surface area contributed by atoms with Crippen molar-refractivity contribution < 1.29 is 14.3 Å². The van der Waals surface area contributed by atoms with Crippen LogP contribution in [0.1, 0.15) is 18.5 Å². The molecule has 0 radical (unpaired) electrons. The van der Waals surface area contributed by atoms with E-state index in [-0.39, 0.29) is 5.91 Å². The summed E-state index contributed by atoms with van der Waals surface area (Å²) in [5, 5.41) is 5.08. The third kappa shape index (κ3) is 3.05. The maximum atomic E-state index is 12.2. The highest BCUT2D eigenvalue weighted by Crippen LogP contribution is 2.28. The molecule has 3 amide bonds. The topological polar surface area (TPSA) is 96.5 Å². The highest BCUT2D eigenvalue weighted by atomic mass is 16.5. The van der Waals surface area contributed by atoms with Gasteiger partial charge >= 0.3 is 6.03 Å². The van der Waals surface area contributed by atoms with Crippen molar-refractivity contribution in [2.24, 2.45) is 0 Å². The Kier molecular flexibility index (Phi) is 3.95. The largest absolute Gasteiger partial charge is 0.439 e. The van der Waals surface area contributed by atoms with E-state index in [1.165, 1.54) is 0 Å². The minimum atomic E-state index is -0.914. The molecule has 1 unspecified atom stereocenters. The Bertz CT molecular complexity index is 857. The lowest BCUT2D eigenvalue weighted by molar-refractivity contribution is -0.124. The van der Waals surface area contributed by atoms with Gasteiger partial charge in [0.25, 0.3) is 5.91 Å². The standard InChI is InChI=1S/C18H19N5O3/c1-12-10-14(26-13-6-3-2-4-7-13)20-16(19-12)23-9-5-8-18(11-23)15(24)21-17(25)22-18/h2-4,6-7,10H,5,8-9,11H2,1H3,(H2,21,22,24,25). The Morgan fingerprint density at radius 2 is 2.00 bits per heavy atom. The number of imide groups is 1. The smallest absolute Gasteiger partial charge is 0.322 e. The Labute approximate surface area is 150 Å². The number of aromatic nitrogens is 2. The van der Waals surface area contributed by atoms with Crippen LogP contribution in [0.2, 0.25) is 0 Å². The van der Waals surface area contributed by atoms with E-state index in [9.17, 15) is 9.59 Å². The van der Waals surface area contributed by atoms with Crippen LogP contribution < -0.4 is 20.3 Å². The summed E-state index contributed by atoms with van der Waals surface area (Å²) >= 11 is 0. The molecule has 2 aliphatic heterocycles. The van der Waals surface area contributed by atoms with Gasteiger partial charge in [0.1, 0.15) is 11.3 Å². The number of urea groups is 1. The van der Waals surface area contributed by atoms with Gasteiger partial charge < -0.3 is 15.0 Å². The minimum Gasteiger partial charge on any atom is -0.439 e. The number of carbonyl (C=O) groups is 2. The van der Waals surface area contributed by atoms with Crippen LogP contribution in [-0.4, -0.2) is 40.5 Å². The lowest BCUT2D eigenvalue weighted by Crippen LogP contribution is -2.59. The van der Waals surface area contributed by atoms with Crippen LogP contribution in [0.5, 0.6) is 11.6 Å². The van der Waals surface area contributed by atoms with Crippen LogP contribution in [0.3, 0.4) is 0 Å². The molecule has 0 aliphatic carbocycles. The van der Waals surface area contributed by atoms with Crippen molar-refractivity contribution in [2.45, 2.75) is 25.3 Å². The molecule has 4 rings (SSSR count). The molecule has 0 bridgehead atoms. The van der Waals surface area contributed by atoms with Crippen molar-refractivity contribution in [2.75, 3.05) is 18.0 Å². The molecule has 2 N–H and O–H groups in total. The average molecular weight is 353 g/mol. The number of hydrogen-bond donors (Lipinski definition) is 2. The monoisotopic (exact) mass is 353 g/mol. The molecular formula is C18H19N5O3. The maximum Gasteiger partial charge on any atom is 0.322 e. The van der Waals surface area contributed by atoms with Crippen molar-refractivity contribution in [3.8, 4) is 11.6 Å². The van der Waals surface area contributed by atoms with Crippen molar-refractivity contribution >= 4 is 17.9 Å². The molecule has 1 spiro atoms. The fourth-order valence-electron chi connectivity index (χ4n) is 3.37. The first kappa shape index (κ1) is 16.3. The fraction of sp³-hybridized carbons (Fsp3) is 0.333. The first-order valence-electron chi connectivity index (χ1n) is 8.51. The first-order valence-corrected chi connectivity index (χ1v) is 8.51. The van der Waals surface area contributed by atoms with E-state index in [1.54, 1.807) is 6.07 Å². The van der Waals surface area contributed by atoms with Gasteiger partial charge in [0.05, 0.1) is 6.54 Å². The molecule has 0 saturated carbocycles. The van der Waals surface area contributed by atoms with Crippen molar-refractivity contribution in [3.05, 3.63) is 42.1 Å². The lowest BCUT2D eigenvalue weighted by Gasteiger charge is -2.38. The number of ether oxygens (including phenoxy) is 1. The second-order valence-corrected chi connectivity index (χ2v) is 6.58. The summed E-state index contributed by atoms with van der Waals surface area (Å²) in [5.41, 5.74) is -0.149. The highest BCUT2D eigenvalue weighted by molar-refractivity contribution is 6.07. The third-order valence-corrected chi connectivity index (χ3v) is 4.57. The number of nitrogens with zero attached hydrogens (tertiary/aromatic N) is 3. The number of hydrogen-bond acceptors (Lipinski definition) is 6. The molecule has 2 saturated heterocycles. The van der Waals surface area contributed by atoms with E-state index >= 15 is 0 Å². The van der Waals surface area contributed by atoms with Crippen molar-refractivity contribution in [1.29, 1.82) is 0 Å². The third-order valence-electron chi connectivity index (χ3n) is 4.57. The number of carbonyl (C=O) groups excluding carboxylic acids is 2. The van der Waals surface area contributed by atoms with Crippen LogP contribution in [-0.2, 0) is 4.79 Å². The van der Waals surface area contributed by atoms with Crippen LogP contribution in [0.25, 0.3) is 0 Å². The second-order valence-electron chi connectivity index (χ2n) is 6.58. The van der Waals surface area contributed by atoms with Crippen LogP contribution in [0, 0.1) is 6.92 Å². The van der Waals surface area contributed by atoms with Crippen LogP contribution >= 0.6 is 0 Å². The molecule has 2 fully saturated rings. The maximum absolute atomic E-state index is 12.2. The van der Waals surface area contributed by atoms with Crippen LogP contribution in [0.4, 0.5) is 10.7 Å². The minimum absolute atomic E-state index is 0.291. The Morgan fingerprint density at radius 1 is 1.19 bits per heavy atom. The summed E-state index contributed by atoms with van der Waals surface area (Å²) in [6, 6.07) is 10.7. The lowest BCUT2D eigenvalue weighted by atomic mass is 9.89. The fourth-order valence-corrected chi connectivity index (χ4v) is 3.37. The number of amides is 3. The Hall–Kier alpha value is -3.16. The van der Waals surface area contributed by atoms with E-state index in [0.717, 1.165) is 12.1 Å². The van der Waals surface area contributed by atoms with Gasteiger partial charge in [-0.15, -0.1) is 0 Å². The van der Waals surface area contributed by atoms with Crippen LogP contribution in [0.15, 0.2) is 36.4 Å². The number of benzene rings is 1. The molecule has 2 aromatic rings. The normalized spacial score (nSPS) is 22.3. The number of para-hydroxylation sites is 1. The molecule has 1 aromatic heterocycles. The summed E-state index contributed by atoms with van der Waals surface area (Å²) < 4.78 is 5.82. The zero-order chi connectivity index (χ0) is 18.1. The molecule has 3 heterocycles. The molecule has 134 valence electrons. The number of aryl methyl sites for hydroxylation is 1. The molecular weight excluding hydrogens is 334 g/mol. The SMILES string of the molecule is Cc1cc(Oc2ccccc2)nc(N2CCCC3(C2)NC(=O)NC3=O)n1. The first-order chi connectivity index (χ1) is 12.5. The number of nitrogens with one attached hydrogen (secondary N) is 2. The second kappa shape index (κ2) is 6.29. The summed E-state index contributed by atoms with van der Waals surface area (Å²) in [6.07, 6.45) is 1.35. The number of piperidine rings is 1.